The topological polar surface area (TPSA) is 108 Å². The fraction of sp³-hybridized carbons (Fsp3) is 0.259. The van der Waals surface area contributed by atoms with E-state index in [0.717, 1.165) is 22.3 Å². The molecule has 0 aliphatic rings. The van der Waals surface area contributed by atoms with Crippen LogP contribution in [0.25, 0.3) is 16.6 Å². The lowest BCUT2D eigenvalue weighted by molar-refractivity contribution is -0.376. The Hall–Kier alpha value is -3.94. The van der Waals surface area contributed by atoms with Gasteiger partial charge in [-0.3, -0.25) is 9.36 Å². The normalized spacial score (nSPS) is 13.4. The van der Waals surface area contributed by atoms with Gasteiger partial charge in [0.25, 0.3) is 11.2 Å². The predicted molar refractivity (Wildman–Crippen MR) is 134 cm³/mol. The minimum atomic E-state index is -6.06. The van der Waals surface area contributed by atoms with Crippen molar-refractivity contribution in [2.75, 3.05) is 18.5 Å². The van der Waals surface area contributed by atoms with E-state index in [4.69, 9.17) is 5.11 Å². The standard InChI is InChI=1S/C27H23F6N3O4/c28-26(29,30)25(40,27(31,32)33)17-6-9-19(10-7-17)36-23(12-16-4-2-1-3-5-16)35-22-11-8-18(13-21(22)24(36)39)34-14-20(38)15-37/h1-11,13,20,34,37-38,40H,12,14-15H2. The van der Waals surface area contributed by atoms with Crippen molar-refractivity contribution in [3.63, 3.8) is 0 Å². The van der Waals surface area contributed by atoms with Crippen LogP contribution in [0.1, 0.15) is 17.0 Å². The first-order chi connectivity index (χ1) is 18.8. The second-order valence-electron chi connectivity index (χ2n) is 9.03. The summed E-state index contributed by atoms with van der Waals surface area (Å²) in [6.07, 6.45) is -13.1. The predicted octanol–water partition coefficient (Wildman–Crippen LogP) is 4.05. The number of hydrogen-bond donors (Lipinski definition) is 4. The second kappa shape index (κ2) is 10.9. The van der Waals surface area contributed by atoms with Crippen molar-refractivity contribution < 1.29 is 41.7 Å². The zero-order valence-electron chi connectivity index (χ0n) is 20.5. The van der Waals surface area contributed by atoms with Crippen LogP contribution in [0.15, 0.2) is 77.6 Å². The average molecular weight is 567 g/mol. The molecule has 40 heavy (non-hydrogen) atoms. The fourth-order valence-corrected chi connectivity index (χ4v) is 4.14. The number of rotatable bonds is 8. The molecule has 3 aromatic carbocycles. The maximum Gasteiger partial charge on any atom is 0.430 e. The van der Waals surface area contributed by atoms with Gasteiger partial charge >= 0.3 is 12.4 Å². The number of halogens is 6. The number of benzene rings is 3. The van der Waals surface area contributed by atoms with Crippen LogP contribution in [0, 0.1) is 0 Å². The summed E-state index contributed by atoms with van der Waals surface area (Å²) in [5, 5.41) is 31.3. The van der Waals surface area contributed by atoms with Gasteiger partial charge in [-0.15, -0.1) is 0 Å². The van der Waals surface area contributed by atoms with Gasteiger partial charge in [-0.25, -0.2) is 4.98 Å². The van der Waals surface area contributed by atoms with Gasteiger partial charge in [-0.1, -0.05) is 42.5 Å². The summed E-state index contributed by atoms with van der Waals surface area (Å²) in [6.45, 7) is -0.524. The molecule has 1 unspecified atom stereocenters. The van der Waals surface area contributed by atoms with Gasteiger partial charge in [0.2, 0.25) is 0 Å². The van der Waals surface area contributed by atoms with Crippen molar-refractivity contribution in [3.8, 4) is 5.69 Å². The van der Waals surface area contributed by atoms with Crippen LogP contribution in [-0.2, 0) is 12.0 Å². The smallest absolute Gasteiger partial charge is 0.394 e. The first-order valence-electron chi connectivity index (χ1n) is 11.9. The number of nitrogens with one attached hydrogen (secondary N) is 1. The summed E-state index contributed by atoms with van der Waals surface area (Å²) in [5.41, 5.74) is -5.89. The first-order valence-corrected chi connectivity index (χ1v) is 11.9. The Kier molecular flexibility index (Phi) is 7.92. The third-order valence-corrected chi connectivity index (χ3v) is 6.26. The third-order valence-electron chi connectivity index (χ3n) is 6.26. The molecule has 0 radical (unpaired) electrons. The number of nitrogens with zero attached hydrogens (tertiary/aromatic N) is 2. The summed E-state index contributed by atoms with van der Waals surface area (Å²) in [5.74, 6) is 0.162. The molecule has 1 heterocycles. The van der Waals surface area contributed by atoms with E-state index in [2.05, 4.69) is 10.3 Å². The molecule has 0 aliphatic carbocycles. The summed E-state index contributed by atoms with van der Waals surface area (Å²) >= 11 is 0. The molecule has 0 spiro atoms. The van der Waals surface area contributed by atoms with Gasteiger partial charge < -0.3 is 20.6 Å². The molecule has 0 saturated heterocycles. The molecule has 212 valence electrons. The van der Waals surface area contributed by atoms with Crippen molar-refractivity contribution in [2.24, 2.45) is 0 Å². The molecule has 0 fully saturated rings. The minimum Gasteiger partial charge on any atom is -0.394 e. The molecule has 0 bridgehead atoms. The first kappa shape index (κ1) is 29.1. The van der Waals surface area contributed by atoms with Crippen LogP contribution in [0.3, 0.4) is 0 Å². The van der Waals surface area contributed by atoms with Gasteiger partial charge in [-0.2, -0.15) is 26.3 Å². The lowest BCUT2D eigenvalue weighted by atomic mass is 9.92. The molecule has 0 saturated carbocycles. The molecule has 13 heteroatoms. The molecular weight excluding hydrogens is 544 g/mol. The molecule has 4 aromatic rings. The van der Waals surface area contributed by atoms with Gasteiger partial charge in [-0.05, 0) is 35.9 Å². The SMILES string of the molecule is O=c1c2cc(NCC(O)CO)ccc2nc(Cc2ccccc2)n1-c1ccc(C(O)(C(F)(F)F)C(F)(F)F)cc1. The Bertz CT molecular complexity index is 1520. The summed E-state index contributed by atoms with van der Waals surface area (Å²) in [7, 11) is 0. The van der Waals surface area contributed by atoms with Crippen LogP contribution >= 0.6 is 0 Å². The van der Waals surface area contributed by atoms with E-state index in [-0.39, 0.29) is 35.4 Å². The second-order valence-corrected chi connectivity index (χ2v) is 9.03. The van der Waals surface area contributed by atoms with E-state index in [1.165, 1.54) is 6.07 Å². The molecule has 7 nitrogen and oxygen atoms in total. The fourth-order valence-electron chi connectivity index (χ4n) is 4.14. The van der Waals surface area contributed by atoms with E-state index in [9.17, 15) is 41.4 Å². The summed E-state index contributed by atoms with van der Waals surface area (Å²) in [6, 6.07) is 16.0. The molecule has 0 amide bonds. The van der Waals surface area contributed by atoms with Gasteiger partial charge in [0.05, 0.1) is 29.3 Å². The van der Waals surface area contributed by atoms with Gasteiger partial charge in [0, 0.05) is 24.2 Å². The quantitative estimate of drug-likeness (QED) is 0.240. The average Bonchev–Trinajstić information content (AvgIpc) is 2.91. The molecule has 1 aromatic heterocycles. The Balaban J connectivity index is 1.87. The van der Waals surface area contributed by atoms with Crippen molar-refractivity contribution in [1.29, 1.82) is 0 Å². The number of hydrogen-bond acceptors (Lipinski definition) is 6. The molecule has 0 aliphatic heterocycles. The molecule has 4 rings (SSSR count). The van der Waals surface area contributed by atoms with Crippen LogP contribution in [0.4, 0.5) is 32.0 Å². The van der Waals surface area contributed by atoms with E-state index >= 15 is 0 Å². The highest BCUT2D eigenvalue weighted by Gasteiger charge is 2.71. The number of alkyl halides is 6. The van der Waals surface area contributed by atoms with Crippen molar-refractivity contribution in [2.45, 2.75) is 30.5 Å². The highest BCUT2D eigenvalue weighted by Crippen LogP contribution is 2.50. The lowest BCUT2D eigenvalue weighted by Crippen LogP contribution is -2.53. The minimum absolute atomic E-state index is 0.0293. The van der Waals surface area contributed by atoms with Crippen LogP contribution in [0.2, 0.25) is 0 Å². The zero-order chi connectivity index (χ0) is 29.3. The highest BCUT2D eigenvalue weighted by atomic mass is 19.4. The van der Waals surface area contributed by atoms with Crippen LogP contribution in [0.5, 0.6) is 0 Å². The highest BCUT2D eigenvalue weighted by molar-refractivity contribution is 5.82. The third kappa shape index (κ3) is 5.53. The summed E-state index contributed by atoms with van der Waals surface area (Å²) in [4.78, 5) is 18.2. The maximum atomic E-state index is 13.7. The largest absolute Gasteiger partial charge is 0.430 e. The summed E-state index contributed by atoms with van der Waals surface area (Å²) < 4.78 is 81.2. The Morgan fingerprint density at radius 1 is 0.900 bits per heavy atom. The molecule has 4 N–H and O–H groups in total. The van der Waals surface area contributed by atoms with E-state index < -0.39 is 41.8 Å². The lowest BCUT2D eigenvalue weighted by Gasteiger charge is -2.32. The molecule has 1 atom stereocenters. The Morgan fingerprint density at radius 2 is 1.52 bits per heavy atom. The monoisotopic (exact) mass is 567 g/mol. The number of aliphatic hydroxyl groups is 3. The van der Waals surface area contributed by atoms with E-state index in [1.807, 2.05) is 0 Å². The van der Waals surface area contributed by atoms with E-state index in [1.54, 1.807) is 42.5 Å². The van der Waals surface area contributed by atoms with Crippen molar-refractivity contribution >= 4 is 16.6 Å². The maximum absolute atomic E-state index is 13.7. The van der Waals surface area contributed by atoms with Gasteiger partial charge in [0.1, 0.15) is 5.82 Å². The molecular formula is C27H23F6N3O4. The van der Waals surface area contributed by atoms with Crippen LogP contribution < -0.4 is 10.9 Å². The van der Waals surface area contributed by atoms with E-state index in [0.29, 0.717) is 17.8 Å². The van der Waals surface area contributed by atoms with Crippen molar-refractivity contribution in [3.05, 3.63) is 100 Å². The Labute approximate surface area is 223 Å². The zero-order valence-corrected chi connectivity index (χ0v) is 20.5. The van der Waals surface area contributed by atoms with Crippen LogP contribution in [-0.4, -0.2) is 56.5 Å². The Morgan fingerprint density at radius 3 is 2.10 bits per heavy atom. The van der Waals surface area contributed by atoms with Gasteiger partial charge in [0.15, 0.2) is 0 Å². The number of fused-ring (bicyclic) bond motifs is 1. The number of aliphatic hydroxyl groups excluding tert-OH is 2. The number of aromatic nitrogens is 2. The number of anilines is 1. The van der Waals surface area contributed by atoms with Crippen molar-refractivity contribution in [1.82, 2.24) is 9.55 Å².